The Kier molecular flexibility index (Phi) is 4.58. The van der Waals surface area contributed by atoms with Gasteiger partial charge in [-0.1, -0.05) is 30.3 Å². The number of hydrogen-bond donors (Lipinski definition) is 2. The lowest BCUT2D eigenvalue weighted by Gasteiger charge is -2.08. The summed E-state index contributed by atoms with van der Waals surface area (Å²) in [6, 6.07) is 21.9. The molecule has 2 aromatic carbocycles. The molecule has 0 fully saturated rings. The highest BCUT2D eigenvalue weighted by Gasteiger charge is 2.09. The van der Waals surface area contributed by atoms with Crippen molar-refractivity contribution in [1.29, 1.82) is 0 Å². The van der Waals surface area contributed by atoms with Crippen molar-refractivity contribution in [1.82, 2.24) is 14.9 Å². The lowest BCUT2D eigenvalue weighted by molar-refractivity contribution is 0.251. The van der Waals surface area contributed by atoms with E-state index in [4.69, 9.17) is 0 Å². The van der Waals surface area contributed by atoms with Crippen molar-refractivity contribution in [3.8, 4) is 11.3 Å². The summed E-state index contributed by atoms with van der Waals surface area (Å²) >= 11 is 0. The van der Waals surface area contributed by atoms with Gasteiger partial charge in [-0.2, -0.15) is 0 Å². The van der Waals surface area contributed by atoms with Gasteiger partial charge in [-0.3, -0.25) is 4.98 Å². The number of rotatable bonds is 4. The summed E-state index contributed by atoms with van der Waals surface area (Å²) < 4.78 is 2.16. The fourth-order valence-electron chi connectivity index (χ4n) is 3.17. The molecule has 0 bridgehead atoms. The summed E-state index contributed by atoms with van der Waals surface area (Å²) in [5.41, 5.74) is 5.20. The smallest absolute Gasteiger partial charge is 0.319 e. The molecule has 0 aliphatic carbocycles. The zero-order chi connectivity index (χ0) is 18.6. The van der Waals surface area contributed by atoms with Gasteiger partial charge in [0.2, 0.25) is 0 Å². The van der Waals surface area contributed by atoms with E-state index in [-0.39, 0.29) is 6.03 Å². The second kappa shape index (κ2) is 7.33. The Morgan fingerprint density at radius 2 is 1.78 bits per heavy atom. The highest BCUT2D eigenvalue weighted by atomic mass is 16.2. The molecular weight excluding hydrogens is 336 g/mol. The van der Waals surface area contributed by atoms with Crippen LogP contribution < -0.4 is 10.6 Å². The van der Waals surface area contributed by atoms with Gasteiger partial charge in [-0.05, 0) is 47.5 Å². The number of anilines is 1. The van der Waals surface area contributed by atoms with E-state index in [1.165, 1.54) is 5.56 Å². The van der Waals surface area contributed by atoms with Crippen LogP contribution in [0.1, 0.15) is 5.56 Å². The monoisotopic (exact) mass is 356 g/mol. The van der Waals surface area contributed by atoms with Crippen LogP contribution in [0, 0.1) is 0 Å². The van der Waals surface area contributed by atoms with E-state index in [1.54, 1.807) is 12.4 Å². The molecule has 4 aromatic rings. The van der Waals surface area contributed by atoms with E-state index < -0.39 is 0 Å². The molecule has 0 atom stereocenters. The molecule has 134 valence electrons. The molecule has 0 radical (unpaired) electrons. The number of amides is 2. The third-order valence-electron chi connectivity index (χ3n) is 4.57. The van der Waals surface area contributed by atoms with E-state index in [1.807, 2.05) is 48.5 Å². The van der Waals surface area contributed by atoms with Crippen LogP contribution in [0.15, 0.2) is 79.1 Å². The van der Waals surface area contributed by atoms with Crippen LogP contribution in [-0.2, 0) is 13.6 Å². The second-order valence-electron chi connectivity index (χ2n) is 6.39. The van der Waals surface area contributed by atoms with Gasteiger partial charge in [0.05, 0.1) is 0 Å². The topological polar surface area (TPSA) is 59.0 Å². The fraction of sp³-hybridized carbons (Fsp3) is 0.0909. The molecule has 27 heavy (non-hydrogen) atoms. The Bertz CT molecular complexity index is 1070. The molecule has 4 rings (SSSR count). The van der Waals surface area contributed by atoms with Crippen LogP contribution in [0.25, 0.3) is 22.2 Å². The summed E-state index contributed by atoms with van der Waals surface area (Å²) in [6.07, 6.45) is 3.42. The molecule has 2 N–H and O–H groups in total. The Morgan fingerprint density at radius 1 is 1.00 bits per heavy atom. The van der Waals surface area contributed by atoms with Crippen LogP contribution in [0.5, 0.6) is 0 Å². The maximum Gasteiger partial charge on any atom is 0.319 e. The van der Waals surface area contributed by atoms with Gasteiger partial charge in [0.15, 0.2) is 0 Å². The van der Waals surface area contributed by atoms with Crippen molar-refractivity contribution in [3.05, 3.63) is 84.7 Å². The third kappa shape index (κ3) is 3.67. The first-order valence-electron chi connectivity index (χ1n) is 8.79. The Labute approximate surface area is 157 Å². The van der Waals surface area contributed by atoms with Gasteiger partial charge in [-0.15, -0.1) is 0 Å². The molecule has 0 aliphatic heterocycles. The SMILES string of the molecule is Cn1c(-c2ccccc2)cc2cc(NC(=O)NCc3ccncc3)ccc21. The quantitative estimate of drug-likeness (QED) is 0.563. The number of carbonyl (C=O) groups is 1. The molecule has 0 aliphatic rings. The predicted molar refractivity (Wildman–Crippen MR) is 108 cm³/mol. The summed E-state index contributed by atoms with van der Waals surface area (Å²) in [5.74, 6) is 0. The number of pyridine rings is 1. The largest absolute Gasteiger partial charge is 0.344 e. The average molecular weight is 356 g/mol. The highest BCUT2D eigenvalue weighted by Crippen LogP contribution is 2.28. The Morgan fingerprint density at radius 3 is 2.56 bits per heavy atom. The van der Waals surface area contributed by atoms with E-state index in [0.29, 0.717) is 6.54 Å². The van der Waals surface area contributed by atoms with Crippen molar-refractivity contribution >= 4 is 22.6 Å². The molecule has 2 heterocycles. The minimum absolute atomic E-state index is 0.231. The van der Waals surface area contributed by atoms with Crippen molar-refractivity contribution in [2.75, 3.05) is 5.32 Å². The molecule has 0 saturated heterocycles. The fourth-order valence-corrected chi connectivity index (χ4v) is 3.17. The summed E-state index contributed by atoms with van der Waals surface area (Å²) in [7, 11) is 2.05. The first-order chi connectivity index (χ1) is 13.2. The number of aryl methyl sites for hydroxylation is 1. The number of nitrogens with zero attached hydrogens (tertiary/aromatic N) is 2. The first-order valence-corrected chi connectivity index (χ1v) is 8.79. The number of carbonyl (C=O) groups excluding carboxylic acids is 1. The van der Waals surface area contributed by atoms with E-state index in [0.717, 1.165) is 27.8 Å². The number of benzene rings is 2. The first kappa shape index (κ1) is 16.8. The average Bonchev–Trinajstić information content (AvgIpc) is 3.04. The number of fused-ring (bicyclic) bond motifs is 1. The maximum absolute atomic E-state index is 12.2. The molecule has 2 amide bonds. The molecule has 5 nitrogen and oxygen atoms in total. The minimum atomic E-state index is -0.231. The third-order valence-corrected chi connectivity index (χ3v) is 4.57. The van der Waals surface area contributed by atoms with Crippen LogP contribution in [0.2, 0.25) is 0 Å². The van der Waals surface area contributed by atoms with Crippen molar-refractivity contribution in [2.24, 2.45) is 7.05 Å². The van der Waals surface area contributed by atoms with Crippen molar-refractivity contribution in [3.63, 3.8) is 0 Å². The maximum atomic E-state index is 12.2. The lowest BCUT2D eigenvalue weighted by Crippen LogP contribution is -2.28. The van der Waals surface area contributed by atoms with Crippen LogP contribution >= 0.6 is 0 Å². The number of nitrogens with one attached hydrogen (secondary N) is 2. The number of hydrogen-bond acceptors (Lipinski definition) is 2. The Balaban J connectivity index is 1.51. The summed E-state index contributed by atoms with van der Waals surface area (Å²) in [6.45, 7) is 0.458. The zero-order valence-electron chi connectivity index (χ0n) is 15.0. The standard InChI is InChI=1S/C22H20N4O/c1-26-20-8-7-19(25-22(27)24-15-16-9-11-23-12-10-16)13-18(20)14-21(26)17-5-3-2-4-6-17/h2-14H,15H2,1H3,(H2,24,25,27). The highest BCUT2D eigenvalue weighted by molar-refractivity contribution is 5.94. The normalized spacial score (nSPS) is 10.7. The molecule has 5 heteroatoms. The molecule has 0 spiro atoms. The molecule has 0 saturated carbocycles. The number of urea groups is 1. The molecule has 0 unspecified atom stereocenters. The Hall–Kier alpha value is -3.60. The summed E-state index contributed by atoms with van der Waals surface area (Å²) in [5, 5.41) is 6.84. The van der Waals surface area contributed by atoms with E-state index >= 15 is 0 Å². The predicted octanol–water partition coefficient (Wildman–Crippen LogP) is 4.56. The summed E-state index contributed by atoms with van der Waals surface area (Å²) in [4.78, 5) is 16.1. The van der Waals surface area contributed by atoms with Crippen LogP contribution in [0.3, 0.4) is 0 Å². The van der Waals surface area contributed by atoms with Crippen LogP contribution in [-0.4, -0.2) is 15.6 Å². The van der Waals surface area contributed by atoms with E-state index in [9.17, 15) is 4.79 Å². The van der Waals surface area contributed by atoms with Gasteiger partial charge in [-0.25, -0.2) is 4.79 Å². The van der Waals surface area contributed by atoms with Crippen molar-refractivity contribution < 1.29 is 4.79 Å². The van der Waals surface area contributed by atoms with Gasteiger partial charge in [0, 0.05) is 48.3 Å². The lowest BCUT2D eigenvalue weighted by atomic mass is 10.1. The van der Waals surface area contributed by atoms with Gasteiger partial charge < -0.3 is 15.2 Å². The molecular formula is C22H20N4O. The number of aromatic nitrogens is 2. The minimum Gasteiger partial charge on any atom is -0.344 e. The zero-order valence-corrected chi connectivity index (χ0v) is 15.0. The van der Waals surface area contributed by atoms with Gasteiger partial charge in [0.1, 0.15) is 0 Å². The van der Waals surface area contributed by atoms with Crippen molar-refractivity contribution in [2.45, 2.75) is 6.54 Å². The molecule has 2 aromatic heterocycles. The van der Waals surface area contributed by atoms with Gasteiger partial charge >= 0.3 is 6.03 Å². The van der Waals surface area contributed by atoms with E-state index in [2.05, 4.69) is 45.4 Å². The second-order valence-corrected chi connectivity index (χ2v) is 6.39. The van der Waals surface area contributed by atoms with Crippen LogP contribution in [0.4, 0.5) is 10.5 Å². The van der Waals surface area contributed by atoms with Gasteiger partial charge in [0.25, 0.3) is 0 Å².